The van der Waals surface area contributed by atoms with Gasteiger partial charge in [0.25, 0.3) is 0 Å². The molecule has 1 aromatic carbocycles. The summed E-state index contributed by atoms with van der Waals surface area (Å²) in [5, 5.41) is 3.24. The molecular weight excluding hydrogens is 316 g/mol. The lowest BCUT2D eigenvalue weighted by atomic mass is 10.3. The minimum Gasteiger partial charge on any atom is -0.493 e. The number of halogens is 1. The standard InChI is InChI=1S/C13H18N2O4S.ClH/c1-18-11-4-3-8(5-12(11)19-2)20(16,17)15-13-9-6-14-7-10(9)13;/h3-5,9-10,13-15H,6-7H2,1-2H3;1H. The lowest BCUT2D eigenvalue weighted by Crippen LogP contribution is -2.32. The zero-order valence-electron chi connectivity index (χ0n) is 11.8. The Kier molecular flexibility index (Phi) is 4.67. The Morgan fingerprint density at radius 2 is 1.76 bits per heavy atom. The molecule has 1 aliphatic heterocycles. The lowest BCUT2D eigenvalue weighted by Gasteiger charge is -2.12. The van der Waals surface area contributed by atoms with Crippen LogP contribution in [0.15, 0.2) is 23.1 Å². The first kappa shape index (κ1) is 16.4. The highest BCUT2D eigenvalue weighted by Crippen LogP contribution is 2.42. The predicted molar refractivity (Wildman–Crippen MR) is 80.8 cm³/mol. The number of fused-ring (bicyclic) bond motifs is 1. The van der Waals surface area contributed by atoms with Gasteiger partial charge in [0.15, 0.2) is 11.5 Å². The van der Waals surface area contributed by atoms with Gasteiger partial charge in [-0.05, 0) is 37.1 Å². The van der Waals surface area contributed by atoms with Crippen molar-refractivity contribution in [1.29, 1.82) is 0 Å². The van der Waals surface area contributed by atoms with Gasteiger partial charge in [0, 0.05) is 12.1 Å². The molecule has 1 aliphatic carbocycles. The molecule has 3 rings (SSSR count). The minimum absolute atomic E-state index is 0. The monoisotopic (exact) mass is 334 g/mol. The largest absolute Gasteiger partial charge is 0.493 e. The molecule has 0 radical (unpaired) electrons. The smallest absolute Gasteiger partial charge is 0.240 e. The van der Waals surface area contributed by atoms with Crippen LogP contribution in [-0.4, -0.2) is 41.8 Å². The normalized spacial score (nSPS) is 26.7. The summed E-state index contributed by atoms with van der Waals surface area (Å²) in [4.78, 5) is 0.202. The van der Waals surface area contributed by atoms with E-state index in [0.717, 1.165) is 13.1 Å². The van der Waals surface area contributed by atoms with Crippen LogP contribution < -0.4 is 19.5 Å². The molecule has 6 nitrogen and oxygen atoms in total. The summed E-state index contributed by atoms with van der Waals surface area (Å²) in [7, 11) is -0.509. The van der Waals surface area contributed by atoms with Crippen LogP contribution in [-0.2, 0) is 10.0 Å². The van der Waals surface area contributed by atoms with Gasteiger partial charge in [-0.15, -0.1) is 12.4 Å². The fourth-order valence-electron chi connectivity index (χ4n) is 2.82. The number of nitrogens with one attached hydrogen (secondary N) is 2. The number of hydrogen-bond donors (Lipinski definition) is 2. The second-order valence-electron chi connectivity index (χ2n) is 5.15. The Hall–Kier alpha value is -1.02. The zero-order chi connectivity index (χ0) is 14.3. The fraction of sp³-hybridized carbons (Fsp3) is 0.538. The molecule has 0 bridgehead atoms. The van der Waals surface area contributed by atoms with E-state index < -0.39 is 10.0 Å². The number of hydrogen-bond acceptors (Lipinski definition) is 5. The van der Waals surface area contributed by atoms with Crippen LogP contribution in [0.1, 0.15) is 0 Å². The Morgan fingerprint density at radius 1 is 1.14 bits per heavy atom. The maximum atomic E-state index is 12.4. The molecular formula is C13H19ClN2O4S. The third-order valence-electron chi connectivity index (χ3n) is 4.05. The quantitative estimate of drug-likeness (QED) is 0.825. The SMILES string of the molecule is COc1ccc(S(=O)(=O)NC2C3CNCC32)cc1OC.Cl. The van der Waals surface area contributed by atoms with Crippen molar-refractivity contribution in [3.8, 4) is 11.5 Å². The fourth-order valence-corrected chi connectivity index (χ4v) is 4.18. The van der Waals surface area contributed by atoms with Crippen LogP contribution in [0.4, 0.5) is 0 Å². The highest BCUT2D eigenvalue weighted by atomic mass is 35.5. The van der Waals surface area contributed by atoms with Crippen LogP contribution in [0.5, 0.6) is 11.5 Å². The minimum atomic E-state index is -3.51. The molecule has 1 saturated carbocycles. The Bertz CT molecular complexity index is 613. The Labute approximate surface area is 130 Å². The molecule has 0 amide bonds. The van der Waals surface area contributed by atoms with E-state index in [0.29, 0.717) is 23.3 Å². The number of benzene rings is 1. The van der Waals surface area contributed by atoms with E-state index in [1.165, 1.54) is 26.4 Å². The first-order chi connectivity index (χ1) is 9.56. The average molecular weight is 335 g/mol. The summed E-state index contributed by atoms with van der Waals surface area (Å²) < 4.78 is 37.7. The van der Waals surface area contributed by atoms with Crippen molar-refractivity contribution < 1.29 is 17.9 Å². The molecule has 21 heavy (non-hydrogen) atoms. The molecule has 0 aromatic heterocycles. The number of sulfonamides is 1. The van der Waals surface area contributed by atoms with Crippen molar-refractivity contribution in [2.75, 3.05) is 27.3 Å². The van der Waals surface area contributed by atoms with Crippen LogP contribution >= 0.6 is 12.4 Å². The molecule has 1 aromatic rings. The molecule has 118 valence electrons. The third kappa shape index (κ3) is 2.96. The lowest BCUT2D eigenvalue weighted by molar-refractivity contribution is 0.354. The molecule has 2 atom stereocenters. The van der Waals surface area contributed by atoms with Crippen LogP contribution in [0.3, 0.4) is 0 Å². The Morgan fingerprint density at radius 3 is 2.33 bits per heavy atom. The van der Waals surface area contributed by atoms with Gasteiger partial charge in [0.05, 0.1) is 19.1 Å². The summed E-state index contributed by atoms with van der Waals surface area (Å²) in [6, 6.07) is 4.68. The molecule has 2 fully saturated rings. The summed E-state index contributed by atoms with van der Waals surface area (Å²) in [5.74, 6) is 1.79. The van der Waals surface area contributed by atoms with E-state index in [9.17, 15) is 8.42 Å². The van der Waals surface area contributed by atoms with Gasteiger partial charge in [0.1, 0.15) is 0 Å². The topological polar surface area (TPSA) is 76.7 Å². The Balaban J connectivity index is 0.00000161. The van der Waals surface area contributed by atoms with E-state index in [1.807, 2.05) is 0 Å². The van der Waals surface area contributed by atoms with E-state index in [-0.39, 0.29) is 23.3 Å². The van der Waals surface area contributed by atoms with Crippen LogP contribution in [0.2, 0.25) is 0 Å². The molecule has 2 N–H and O–H groups in total. The molecule has 2 unspecified atom stereocenters. The highest BCUT2D eigenvalue weighted by molar-refractivity contribution is 7.89. The summed E-state index contributed by atoms with van der Waals surface area (Å²) >= 11 is 0. The average Bonchev–Trinajstić information content (AvgIpc) is 2.89. The van der Waals surface area contributed by atoms with Crippen molar-refractivity contribution in [2.24, 2.45) is 11.8 Å². The highest BCUT2D eigenvalue weighted by Gasteiger charge is 2.54. The summed E-state index contributed by atoms with van der Waals surface area (Å²) in [6.07, 6.45) is 0. The van der Waals surface area contributed by atoms with Crippen molar-refractivity contribution in [1.82, 2.24) is 10.0 Å². The second kappa shape index (κ2) is 6.00. The maximum Gasteiger partial charge on any atom is 0.240 e. The van der Waals surface area contributed by atoms with E-state index in [4.69, 9.17) is 9.47 Å². The van der Waals surface area contributed by atoms with Crippen molar-refractivity contribution in [2.45, 2.75) is 10.9 Å². The van der Waals surface area contributed by atoms with Crippen molar-refractivity contribution >= 4 is 22.4 Å². The van der Waals surface area contributed by atoms with Crippen molar-refractivity contribution in [3.63, 3.8) is 0 Å². The molecule has 0 spiro atoms. The zero-order valence-corrected chi connectivity index (χ0v) is 13.5. The number of rotatable bonds is 5. The van der Waals surface area contributed by atoms with Gasteiger partial charge in [-0.1, -0.05) is 0 Å². The van der Waals surface area contributed by atoms with Gasteiger partial charge >= 0.3 is 0 Å². The van der Waals surface area contributed by atoms with Crippen molar-refractivity contribution in [3.05, 3.63) is 18.2 Å². The second-order valence-corrected chi connectivity index (χ2v) is 6.86. The summed E-state index contributed by atoms with van der Waals surface area (Å²) in [6.45, 7) is 1.79. The number of ether oxygens (including phenoxy) is 2. The van der Waals surface area contributed by atoms with E-state index in [1.54, 1.807) is 6.07 Å². The van der Waals surface area contributed by atoms with Gasteiger partial charge < -0.3 is 14.8 Å². The van der Waals surface area contributed by atoms with E-state index in [2.05, 4.69) is 10.0 Å². The third-order valence-corrected chi connectivity index (χ3v) is 5.51. The molecule has 1 saturated heterocycles. The van der Waals surface area contributed by atoms with Crippen LogP contribution in [0, 0.1) is 11.8 Å². The van der Waals surface area contributed by atoms with Gasteiger partial charge in [-0.25, -0.2) is 13.1 Å². The van der Waals surface area contributed by atoms with Gasteiger partial charge in [-0.2, -0.15) is 0 Å². The number of methoxy groups -OCH3 is 2. The van der Waals surface area contributed by atoms with Crippen LogP contribution in [0.25, 0.3) is 0 Å². The molecule has 1 heterocycles. The first-order valence-electron chi connectivity index (χ1n) is 6.52. The first-order valence-corrected chi connectivity index (χ1v) is 8.00. The predicted octanol–water partition coefficient (Wildman–Crippen LogP) is 0.622. The maximum absolute atomic E-state index is 12.4. The van der Waals surface area contributed by atoms with Gasteiger partial charge in [0.2, 0.25) is 10.0 Å². The number of piperidine rings is 1. The van der Waals surface area contributed by atoms with Gasteiger partial charge in [-0.3, -0.25) is 0 Å². The van der Waals surface area contributed by atoms with E-state index >= 15 is 0 Å². The summed E-state index contributed by atoms with van der Waals surface area (Å²) in [5.41, 5.74) is 0. The molecule has 8 heteroatoms. The molecule has 2 aliphatic rings.